The Morgan fingerprint density at radius 1 is 1.53 bits per heavy atom. The summed E-state index contributed by atoms with van der Waals surface area (Å²) in [5, 5.41) is 7.06. The first-order valence-electron chi connectivity index (χ1n) is 4.54. The topological polar surface area (TPSA) is 39.1 Å². The van der Waals surface area contributed by atoms with Gasteiger partial charge in [-0.15, -0.1) is 12.4 Å². The highest BCUT2D eigenvalue weighted by atomic mass is 35.5. The molecule has 88 valence electrons. The van der Waals surface area contributed by atoms with Crippen molar-refractivity contribution in [2.45, 2.75) is 13.5 Å². The van der Waals surface area contributed by atoms with Crippen molar-refractivity contribution in [3.05, 3.63) is 17.2 Å². The fourth-order valence-corrected chi connectivity index (χ4v) is 1.26. The summed E-state index contributed by atoms with van der Waals surface area (Å²) < 4.78 is 19.5. The minimum absolute atomic E-state index is 0. The zero-order valence-corrected chi connectivity index (χ0v) is 10.0. The van der Waals surface area contributed by atoms with Crippen LogP contribution in [-0.4, -0.2) is 30.0 Å². The number of halogens is 2. The summed E-state index contributed by atoms with van der Waals surface area (Å²) in [5.74, 6) is -0.271. The molecule has 0 atom stereocenters. The van der Waals surface area contributed by atoms with E-state index in [0.717, 1.165) is 5.69 Å². The van der Waals surface area contributed by atoms with Crippen LogP contribution in [0.1, 0.15) is 11.3 Å². The third-order valence-corrected chi connectivity index (χ3v) is 2.05. The Balaban J connectivity index is 0.00000196. The highest BCUT2D eigenvalue weighted by Gasteiger charge is 2.11. The van der Waals surface area contributed by atoms with Crippen molar-refractivity contribution >= 4 is 12.4 Å². The maximum atomic E-state index is 13.4. The normalized spacial score (nSPS) is 10.1. The molecule has 0 aliphatic heterocycles. The lowest BCUT2D eigenvalue weighted by Crippen LogP contribution is -2.19. The molecule has 0 unspecified atom stereocenters. The number of rotatable bonds is 5. The van der Waals surface area contributed by atoms with Gasteiger partial charge in [-0.25, -0.2) is 4.68 Å². The first-order valence-corrected chi connectivity index (χ1v) is 4.54. The lowest BCUT2D eigenvalue weighted by molar-refractivity contribution is 0.199. The van der Waals surface area contributed by atoms with E-state index in [1.807, 2.05) is 0 Å². The molecule has 1 aromatic rings. The summed E-state index contributed by atoms with van der Waals surface area (Å²) in [5.41, 5.74) is 1.36. The maximum Gasteiger partial charge on any atom is 0.215 e. The Bertz CT molecular complexity index is 304. The van der Waals surface area contributed by atoms with E-state index in [1.165, 1.54) is 4.68 Å². The summed E-state index contributed by atoms with van der Waals surface area (Å²) in [6.45, 7) is 3.64. The van der Waals surface area contributed by atoms with E-state index in [1.54, 1.807) is 21.1 Å². The summed E-state index contributed by atoms with van der Waals surface area (Å²) in [6, 6.07) is 0. The van der Waals surface area contributed by atoms with Gasteiger partial charge in [-0.1, -0.05) is 0 Å². The largest absolute Gasteiger partial charge is 0.383 e. The van der Waals surface area contributed by atoms with Crippen LogP contribution in [-0.2, 0) is 18.3 Å². The minimum Gasteiger partial charge on any atom is -0.383 e. The number of nitrogens with one attached hydrogen (secondary N) is 1. The molecule has 1 aromatic heterocycles. The predicted octanol–water partition coefficient (Wildman–Crippen LogP) is 1.03. The SMILES string of the molecule is COCCNCc1c(C)nn(C)c1F.Cl. The molecule has 0 aliphatic rings. The molecule has 1 heterocycles. The van der Waals surface area contributed by atoms with Crippen LogP contribution in [0.3, 0.4) is 0 Å². The van der Waals surface area contributed by atoms with Crippen LogP contribution < -0.4 is 5.32 Å². The number of aryl methyl sites for hydroxylation is 2. The van der Waals surface area contributed by atoms with Crippen molar-refractivity contribution in [1.29, 1.82) is 0 Å². The van der Waals surface area contributed by atoms with Crippen LogP contribution >= 0.6 is 12.4 Å². The van der Waals surface area contributed by atoms with Gasteiger partial charge in [0.05, 0.1) is 12.3 Å². The van der Waals surface area contributed by atoms with E-state index in [0.29, 0.717) is 25.3 Å². The van der Waals surface area contributed by atoms with E-state index in [4.69, 9.17) is 4.74 Å². The minimum atomic E-state index is -0.271. The Morgan fingerprint density at radius 2 is 2.20 bits per heavy atom. The summed E-state index contributed by atoms with van der Waals surface area (Å²) in [4.78, 5) is 0. The fourth-order valence-electron chi connectivity index (χ4n) is 1.26. The molecular formula is C9H17ClFN3O. The fraction of sp³-hybridized carbons (Fsp3) is 0.667. The number of hydrogen-bond donors (Lipinski definition) is 1. The van der Waals surface area contributed by atoms with Gasteiger partial charge in [0.25, 0.3) is 0 Å². The lowest BCUT2D eigenvalue weighted by Gasteiger charge is -2.02. The molecule has 6 heteroatoms. The molecule has 0 saturated heterocycles. The molecule has 0 amide bonds. The van der Waals surface area contributed by atoms with Crippen molar-refractivity contribution in [1.82, 2.24) is 15.1 Å². The van der Waals surface area contributed by atoms with Gasteiger partial charge >= 0.3 is 0 Å². The van der Waals surface area contributed by atoms with Gasteiger partial charge in [0.15, 0.2) is 0 Å². The maximum absolute atomic E-state index is 13.4. The van der Waals surface area contributed by atoms with Crippen molar-refractivity contribution in [3.8, 4) is 0 Å². The lowest BCUT2D eigenvalue weighted by atomic mass is 10.2. The van der Waals surface area contributed by atoms with Crippen LogP contribution in [0.5, 0.6) is 0 Å². The van der Waals surface area contributed by atoms with Gasteiger partial charge in [0.2, 0.25) is 5.95 Å². The Morgan fingerprint density at radius 3 is 2.67 bits per heavy atom. The highest BCUT2D eigenvalue weighted by Crippen LogP contribution is 2.10. The van der Waals surface area contributed by atoms with Gasteiger partial charge in [-0.2, -0.15) is 9.49 Å². The smallest absolute Gasteiger partial charge is 0.215 e. The standard InChI is InChI=1S/C9H16FN3O.ClH/c1-7-8(6-11-4-5-14-3)9(10)13(2)12-7;/h11H,4-6H2,1-3H3;1H. The highest BCUT2D eigenvalue weighted by molar-refractivity contribution is 5.85. The Kier molecular flexibility index (Phi) is 6.47. The van der Waals surface area contributed by atoms with E-state index in [2.05, 4.69) is 10.4 Å². The number of aromatic nitrogens is 2. The Hall–Kier alpha value is -0.650. The second kappa shape index (κ2) is 6.76. The van der Waals surface area contributed by atoms with Crippen molar-refractivity contribution in [2.24, 2.45) is 7.05 Å². The third-order valence-electron chi connectivity index (χ3n) is 2.05. The Labute approximate surface area is 95.2 Å². The number of methoxy groups -OCH3 is 1. The van der Waals surface area contributed by atoms with Crippen LogP contribution in [0.2, 0.25) is 0 Å². The molecule has 1 N–H and O–H groups in total. The zero-order valence-electron chi connectivity index (χ0n) is 9.21. The van der Waals surface area contributed by atoms with Gasteiger partial charge in [-0.05, 0) is 6.92 Å². The first kappa shape index (κ1) is 14.3. The van der Waals surface area contributed by atoms with Crippen LogP contribution in [0.25, 0.3) is 0 Å². The van der Waals surface area contributed by atoms with Gasteiger partial charge in [-0.3, -0.25) is 0 Å². The zero-order chi connectivity index (χ0) is 10.6. The van der Waals surface area contributed by atoms with Crippen LogP contribution in [0.4, 0.5) is 4.39 Å². The second-order valence-electron chi connectivity index (χ2n) is 3.15. The molecule has 4 nitrogen and oxygen atoms in total. The van der Waals surface area contributed by atoms with Gasteiger partial charge in [0.1, 0.15) is 0 Å². The van der Waals surface area contributed by atoms with Crippen molar-refractivity contribution in [3.63, 3.8) is 0 Å². The molecule has 0 spiro atoms. The van der Waals surface area contributed by atoms with Crippen molar-refractivity contribution in [2.75, 3.05) is 20.3 Å². The number of nitrogens with zero attached hydrogens (tertiary/aromatic N) is 2. The van der Waals surface area contributed by atoms with Crippen LogP contribution in [0.15, 0.2) is 0 Å². The average molecular weight is 238 g/mol. The van der Waals surface area contributed by atoms with E-state index < -0.39 is 0 Å². The molecule has 1 rings (SSSR count). The second-order valence-corrected chi connectivity index (χ2v) is 3.15. The van der Waals surface area contributed by atoms with E-state index in [9.17, 15) is 4.39 Å². The molecule has 0 fully saturated rings. The molecule has 0 saturated carbocycles. The number of hydrogen-bond acceptors (Lipinski definition) is 3. The van der Waals surface area contributed by atoms with Gasteiger partial charge in [0, 0.05) is 32.8 Å². The molecule has 15 heavy (non-hydrogen) atoms. The summed E-state index contributed by atoms with van der Waals surface area (Å²) in [6.07, 6.45) is 0. The molecule has 0 aromatic carbocycles. The molecule has 0 radical (unpaired) electrons. The molecular weight excluding hydrogens is 221 g/mol. The monoisotopic (exact) mass is 237 g/mol. The average Bonchev–Trinajstić information content (AvgIpc) is 2.38. The number of ether oxygens (including phenoxy) is 1. The summed E-state index contributed by atoms with van der Waals surface area (Å²) in [7, 11) is 3.23. The predicted molar refractivity (Wildman–Crippen MR) is 58.7 cm³/mol. The van der Waals surface area contributed by atoms with E-state index in [-0.39, 0.29) is 18.4 Å². The first-order chi connectivity index (χ1) is 6.66. The van der Waals surface area contributed by atoms with Gasteiger partial charge < -0.3 is 10.1 Å². The molecule has 0 bridgehead atoms. The summed E-state index contributed by atoms with van der Waals surface area (Å²) >= 11 is 0. The van der Waals surface area contributed by atoms with Crippen molar-refractivity contribution < 1.29 is 9.13 Å². The third kappa shape index (κ3) is 3.77. The molecule has 0 aliphatic carbocycles. The quantitative estimate of drug-likeness (QED) is 0.778. The van der Waals surface area contributed by atoms with Crippen LogP contribution in [0, 0.1) is 12.9 Å². The van der Waals surface area contributed by atoms with E-state index >= 15 is 0 Å².